The van der Waals surface area contributed by atoms with E-state index in [1.54, 1.807) is 0 Å². The Balaban J connectivity index is 2.46. The minimum absolute atomic E-state index is 0.246. The summed E-state index contributed by atoms with van der Waals surface area (Å²) in [4.78, 5) is 0. The third-order valence-corrected chi connectivity index (χ3v) is 3.22. The van der Waals surface area contributed by atoms with Gasteiger partial charge in [-0.1, -0.05) is 26.0 Å². The van der Waals surface area contributed by atoms with Crippen LogP contribution in [-0.2, 0) is 0 Å². The van der Waals surface area contributed by atoms with E-state index in [2.05, 4.69) is 20.4 Å². The summed E-state index contributed by atoms with van der Waals surface area (Å²) in [5, 5.41) is 0.246. The Morgan fingerprint density at radius 2 is 2.18 bits per heavy atom. The van der Waals surface area contributed by atoms with Crippen molar-refractivity contribution >= 4 is 11.6 Å². The van der Waals surface area contributed by atoms with Gasteiger partial charge in [-0.05, 0) is 31.1 Å². The number of hydrogen-bond donors (Lipinski definition) is 0. The fourth-order valence-electron chi connectivity index (χ4n) is 1.68. The second-order valence-corrected chi connectivity index (χ2v) is 4.43. The maximum Gasteiger partial charge on any atom is 0.0545 e. The fourth-order valence-corrected chi connectivity index (χ4v) is 2.02. The summed E-state index contributed by atoms with van der Waals surface area (Å²) in [5.74, 6) is 1.60. The standard InChI is InChI=1S/C10H17Cl/c1-7(2)9-5-4-8(3)10(11)6-9/h7,9-10H,3-6H2,1-2H3. The first kappa shape index (κ1) is 9.12. The highest BCUT2D eigenvalue weighted by atomic mass is 35.5. The van der Waals surface area contributed by atoms with Gasteiger partial charge in [-0.2, -0.15) is 0 Å². The molecule has 64 valence electrons. The van der Waals surface area contributed by atoms with Crippen molar-refractivity contribution in [2.75, 3.05) is 0 Å². The fraction of sp³-hybridized carbons (Fsp3) is 0.800. The molecule has 1 saturated carbocycles. The van der Waals surface area contributed by atoms with Crippen molar-refractivity contribution in [3.05, 3.63) is 12.2 Å². The molecule has 0 nitrogen and oxygen atoms in total. The lowest BCUT2D eigenvalue weighted by Gasteiger charge is -2.29. The van der Waals surface area contributed by atoms with Crippen LogP contribution in [0.3, 0.4) is 0 Å². The lowest BCUT2D eigenvalue weighted by atomic mass is 9.80. The zero-order valence-corrected chi connectivity index (χ0v) is 8.19. The summed E-state index contributed by atoms with van der Waals surface area (Å²) >= 11 is 6.11. The summed E-state index contributed by atoms with van der Waals surface area (Å²) in [6.07, 6.45) is 3.56. The van der Waals surface area contributed by atoms with Gasteiger partial charge in [-0.15, -0.1) is 11.6 Å². The van der Waals surface area contributed by atoms with Gasteiger partial charge in [0.25, 0.3) is 0 Å². The van der Waals surface area contributed by atoms with Gasteiger partial charge in [0.1, 0.15) is 0 Å². The van der Waals surface area contributed by atoms with Crippen molar-refractivity contribution in [2.24, 2.45) is 11.8 Å². The Labute approximate surface area is 74.6 Å². The van der Waals surface area contributed by atoms with Gasteiger partial charge >= 0.3 is 0 Å². The van der Waals surface area contributed by atoms with Crippen LogP contribution < -0.4 is 0 Å². The molecule has 1 aliphatic carbocycles. The molecule has 0 amide bonds. The minimum atomic E-state index is 0.246. The predicted octanol–water partition coefficient (Wildman–Crippen LogP) is 3.61. The van der Waals surface area contributed by atoms with Gasteiger partial charge in [-0.25, -0.2) is 0 Å². The van der Waals surface area contributed by atoms with E-state index in [0.717, 1.165) is 24.7 Å². The van der Waals surface area contributed by atoms with Crippen molar-refractivity contribution in [3.8, 4) is 0 Å². The molecule has 0 radical (unpaired) electrons. The molecule has 11 heavy (non-hydrogen) atoms. The highest BCUT2D eigenvalue weighted by Gasteiger charge is 2.24. The SMILES string of the molecule is C=C1CCC(C(C)C)CC1Cl. The molecule has 1 rings (SSSR count). The van der Waals surface area contributed by atoms with Gasteiger partial charge in [0.05, 0.1) is 5.38 Å². The number of halogens is 1. The molecule has 0 saturated heterocycles. The molecule has 0 spiro atoms. The zero-order valence-electron chi connectivity index (χ0n) is 7.44. The first-order valence-corrected chi connectivity index (χ1v) is 4.86. The van der Waals surface area contributed by atoms with E-state index >= 15 is 0 Å². The molecule has 0 N–H and O–H groups in total. The van der Waals surface area contributed by atoms with Crippen LogP contribution in [0, 0.1) is 11.8 Å². The van der Waals surface area contributed by atoms with Crippen molar-refractivity contribution in [2.45, 2.75) is 38.5 Å². The molecule has 2 unspecified atom stereocenters. The Morgan fingerprint density at radius 3 is 2.64 bits per heavy atom. The van der Waals surface area contributed by atoms with Crippen LogP contribution in [0.5, 0.6) is 0 Å². The molecule has 2 atom stereocenters. The number of allylic oxidation sites excluding steroid dienone is 1. The third-order valence-electron chi connectivity index (χ3n) is 2.73. The second kappa shape index (κ2) is 3.62. The maximum absolute atomic E-state index is 6.11. The first-order chi connectivity index (χ1) is 5.11. The van der Waals surface area contributed by atoms with Crippen molar-refractivity contribution < 1.29 is 0 Å². The van der Waals surface area contributed by atoms with E-state index in [4.69, 9.17) is 11.6 Å². The number of rotatable bonds is 1. The van der Waals surface area contributed by atoms with E-state index in [1.165, 1.54) is 12.0 Å². The maximum atomic E-state index is 6.11. The molecule has 0 bridgehead atoms. The average molecular weight is 173 g/mol. The molecule has 1 aliphatic rings. The van der Waals surface area contributed by atoms with Crippen LogP contribution in [-0.4, -0.2) is 5.38 Å². The molecule has 0 aliphatic heterocycles. The lowest BCUT2D eigenvalue weighted by Crippen LogP contribution is -2.21. The quantitative estimate of drug-likeness (QED) is 0.419. The Hall–Kier alpha value is 0.0300. The summed E-state index contributed by atoms with van der Waals surface area (Å²) in [7, 11) is 0. The lowest BCUT2D eigenvalue weighted by molar-refractivity contribution is 0.314. The smallest absolute Gasteiger partial charge is 0.0545 e. The van der Waals surface area contributed by atoms with Crippen LogP contribution in [0.4, 0.5) is 0 Å². The Morgan fingerprint density at radius 1 is 1.55 bits per heavy atom. The van der Waals surface area contributed by atoms with Crippen LogP contribution in [0.15, 0.2) is 12.2 Å². The van der Waals surface area contributed by atoms with Crippen LogP contribution in [0.2, 0.25) is 0 Å². The van der Waals surface area contributed by atoms with Crippen LogP contribution in [0.25, 0.3) is 0 Å². The number of hydrogen-bond acceptors (Lipinski definition) is 0. The van der Waals surface area contributed by atoms with Crippen LogP contribution >= 0.6 is 11.6 Å². The van der Waals surface area contributed by atoms with E-state index in [-0.39, 0.29) is 5.38 Å². The van der Waals surface area contributed by atoms with Crippen LogP contribution in [0.1, 0.15) is 33.1 Å². The molecule has 0 aromatic carbocycles. The largest absolute Gasteiger partial charge is 0.118 e. The highest BCUT2D eigenvalue weighted by molar-refractivity contribution is 6.22. The van der Waals surface area contributed by atoms with Crippen molar-refractivity contribution in [1.29, 1.82) is 0 Å². The van der Waals surface area contributed by atoms with Gasteiger partial charge in [0.15, 0.2) is 0 Å². The van der Waals surface area contributed by atoms with Gasteiger partial charge in [0, 0.05) is 0 Å². The molecule has 0 heterocycles. The summed E-state index contributed by atoms with van der Waals surface area (Å²) < 4.78 is 0. The summed E-state index contributed by atoms with van der Waals surface area (Å²) in [6.45, 7) is 8.52. The summed E-state index contributed by atoms with van der Waals surface area (Å²) in [6, 6.07) is 0. The topological polar surface area (TPSA) is 0 Å². The van der Waals surface area contributed by atoms with E-state index in [0.29, 0.717) is 0 Å². The second-order valence-electron chi connectivity index (χ2n) is 3.90. The zero-order chi connectivity index (χ0) is 8.43. The Kier molecular flexibility index (Phi) is 3.00. The summed E-state index contributed by atoms with van der Waals surface area (Å²) in [5.41, 5.74) is 1.24. The molecule has 0 aromatic heterocycles. The number of alkyl halides is 1. The average Bonchev–Trinajstić information content (AvgIpc) is 1.94. The molecular weight excluding hydrogens is 156 g/mol. The van der Waals surface area contributed by atoms with Crippen molar-refractivity contribution in [3.63, 3.8) is 0 Å². The minimum Gasteiger partial charge on any atom is -0.118 e. The van der Waals surface area contributed by atoms with E-state index < -0.39 is 0 Å². The monoisotopic (exact) mass is 172 g/mol. The van der Waals surface area contributed by atoms with Crippen molar-refractivity contribution in [1.82, 2.24) is 0 Å². The van der Waals surface area contributed by atoms with E-state index in [1.807, 2.05) is 0 Å². The normalized spacial score (nSPS) is 32.9. The molecule has 0 aromatic rings. The van der Waals surface area contributed by atoms with Gasteiger partial charge in [-0.3, -0.25) is 0 Å². The third kappa shape index (κ3) is 2.23. The molecule has 1 heteroatoms. The molecular formula is C10H17Cl. The molecule has 1 fully saturated rings. The first-order valence-electron chi connectivity index (χ1n) is 4.43. The highest BCUT2D eigenvalue weighted by Crippen LogP contribution is 2.34. The predicted molar refractivity (Wildman–Crippen MR) is 51.0 cm³/mol. The van der Waals surface area contributed by atoms with Gasteiger partial charge < -0.3 is 0 Å². The Bertz CT molecular complexity index is 149. The van der Waals surface area contributed by atoms with E-state index in [9.17, 15) is 0 Å². The van der Waals surface area contributed by atoms with Gasteiger partial charge in [0.2, 0.25) is 0 Å².